The first-order valence-corrected chi connectivity index (χ1v) is 8.70. The van der Waals surface area contributed by atoms with Crippen LogP contribution in [0.15, 0.2) is 65.7 Å². The molecule has 2 atom stereocenters. The first-order valence-electron chi connectivity index (χ1n) is 8.70. The van der Waals surface area contributed by atoms with Gasteiger partial charge in [0.1, 0.15) is 0 Å². The minimum absolute atomic E-state index is 0.0211. The smallest absolute Gasteiger partial charge is 0.254 e. The summed E-state index contributed by atoms with van der Waals surface area (Å²) < 4.78 is 6.04. The van der Waals surface area contributed by atoms with Gasteiger partial charge in [0.25, 0.3) is 5.91 Å². The molecule has 0 bridgehead atoms. The summed E-state index contributed by atoms with van der Waals surface area (Å²) in [6, 6.07) is 19.2. The molecule has 0 aliphatic carbocycles. The Balaban J connectivity index is 1.68. The maximum Gasteiger partial charge on any atom is 0.254 e. The minimum atomic E-state index is -0.0782. The zero-order valence-electron chi connectivity index (χ0n) is 14.6. The Kier molecular flexibility index (Phi) is 5.86. The van der Waals surface area contributed by atoms with E-state index in [2.05, 4.69) is 4.99 Å². The quantitative estimate of drug-likeness (QED) is 0.612. The zero-order valence-corrected chi connectivity index (χ0v) is 14.6. The van der Waals surface area contributed by atoms with Crippen LogP contribution in [0.1, 0.15) is 22.3 Å². The Labute approximate surface area is 153 Å². The van der Waals surface area contributed by atoms with Crippen LogP contribution >= 0.6 is 0 Å². The molecule has 0 spiro atoms. The molecular weight excluding hydrogens is 328 g/mol. The molecule has 6 nitrogen and oxygen atoms in total. The fraction of sp³-hybridized carbons (Fsp3) is 0.300. The highest BCUT2D eigenvalue weighted by Gasteiger charge is 2.36. The first kappa shape index (κ1) is 17.9. The second-order valence-electron chi connectivity index (χ2n) is 6.40. The minimum Gasteiger partial charge on any atom is -0.372 e. The molecule has 136 valence electrons. The van der Waals surface area contributed by atoms with E-state index in [1.54, 1.807) is 0 Å². The molecule has 1 aliphatic rings. The molecule has 3 rings (SSSR count). The number of ether oxygens (including phenoxy) is 1. The van der Waals surface area contributed by atoms with Crippen molar-refractivity contribution in [2.75, 3.05) is 13.1 Å². The number of hydrogen-bond donors (Lipinski definition) is 2. The van der Waals surface area contributed by atoms with Crippen LogP contribution in [0.4, 0.5) is 0 Å². The van der Waals surface area contributed by atoms with Gasteiger partial charge >= 0.3 is 0 Å². The summed E-state index contributed by atoms with van der Waals surface area (Å²) >= 11 is 0. The second kappa shape index (κ2) is 8.49. The average Bonchev–Trinajstić information content (AvgIpc) is 3.09. The van der Waals surface area contributed by atoms with Gasteiger partial charge in [0.2, 0.25) is 0 Å². The molecule has 0 saturated carbocycles. The van der Waals surface area contributed by atoms with E-state index in [4.69, 9.17) is 16.2 Å². The average molecular weight is 352 g/mol. The Morgan fingerprint density at radius 2 is 1.73 bits per heavy atom. The Morgan fingerprint density at radius 1 is 1.08 bits per heavy atom. The Bertz CT molecular complexity index is 745. The van der Waals surface area contributed by atoms with E-state index < -0.39 is 0 Å². The van der Waals surface area contributed by atoms with Gasteiger partial charge in [0.15, 0.2) is 5.96 Å². The third kappa shape index (κ3) is 4.61. The fourth-order valence-corrected chi connectivity index (χ4v) is 3.16. The summed E-state index contributed by atoms with van der Waals surface area (Å²) in [7, 11) is 0. The van der Waals surface area contributed by atoms with E-state index in [9.17, 15) is 4.79 Å². The van der Waals surface area contributed by atoms with Gasteiger partial charge in [-0.15, -0.1) is 0 Å². The van der Waals surface area contributed by atoms with Gasteiger partial charge in [0.05, 0.1) is 25.3 Å². The standard InChI is InChI=1S/C20H24N4O2/c21-20(22)23-12-17-11-18(26-14-15-7-3-1-4-8-15)13-24(17)19(25)16-9-5-2-6-10-16/h1-10,17-18H,11-14H2,(H4,21,22,23)/t17-,18-/m1/s1. The Morgan fingerprint density at radius 3 is 2.38 bits per heavy atom. The molecule has 0 unspecified atom stereocenters. The summed E-state index contributed by atoms with van der Waals surface area (Å²) in [6.07, 6.45) is 0.671. The summed E-state index contributed by atoms with van der Waals surface area (Å²) in [5, 5.41) is 0. The van der Waals surface area contributed by atoms with Crippen molar-refractivity contribution >= 4 is 11.9 Å². The molecule has 2 aromatic carbocycles. The SMILES string of the molecule is NC(N)=NC[C@H]1C[C@@H](OCc2ccccc2)CN1C(=O)c1ccccc1. The lowest BCUT2D eigenvalue weighted by Gasteiger charge is -2.23. The van der Waals surface area contributed by atoms with Crippen molar-refractivity contribution in [2.45, 2.75) is 25.2 Å². The van der Waals surface area contributed by atoms with Crippen molar-refractivity contribution in [3.63, 3.8) is 0 Å². The lowest BCUT2D eigenvalue weighted by Crippen LogP contribution is -2.38. The maximum atomic E-state index is 12.9. The number of amides is 1. The molecule has 4 N–H and O–H groups in total. The summed E-state index contributed by atoms with van der Waals surface area (Å²) in [6.45, 7) is 1.44. The fourth-order valence-electron chi connectivity index (χ4n) is 3.16. The molecule has 1 fully saturated rings. The van der Waals surface area contributed by atoms with Crippen molar-refractivity contribution < 1.29 is 9.53 Å². The number of nitrogens with two attached hydrogens (primary N) is 2. The summed E-state index contributed by atoms with van der Waals surface area (Å²) in [5.74, 6) is 0.0120. The van der Waals surface area contributed by atoms with E-state index in [0.717, 1.165) is 5.56 Å². The van der Waals surface area contributed by atoms with E-state index in [-0.39, 0.29) is 24.0 Å². The highest BCUT2D eigenvalue weighted by molar-refractivity contribution is 5.94. The highest BCUT2D eigenvalue weighted by atomic mass is 16.5. The van der Waals surface area contributed by atoms with Gasteiger partial charge in [-0.05, 0) is 24.1 Å². The molecule has 1 amide bonds. The van der Waals surface area contributed by atoms with Crippen LogP contribution in [0, 0.1) is 0 Å². The number of likely N-dealkylation sites (tertiary alicyclic amines) is 1. The van der Waals surface area contributed by atoms with Crippen molar-refractivity contribution in [3.05, 3.63) is 71.8 Å². The highest BCUT2D eigenvalue weighted by Crippen LogP contribution is 2.24. The van der Waals surface area contributed by atoms with E-state index in [1.807, 2.05) is 65.6 Å². The molecule has 2 aromatic rings. The second-order valence-corrected chi connectivity index (χ2v) is 6.40. The number of nitrogens with zero attached hydrogens (tertiary/aromatic N) is 2. The molecule has 1 saturated heterocycles. The van der Waals surface area contributed by atoms with Gasteiger partial charge in [-0.25, -0.2) is 0 Å². The monoisotopic (exact) mass is 352 g/mol. The van der Waals surface area contributed by atoms with E-state index in [1.165, 1.54) is 0 Å². The van der Waals surface area contributed by atoms with Crippen molar-refractivity contribution in [2.24, 2.45) is 16.5 Å². The summed E-state index contributed by atoms with van der Waals surface area (Å²) in [4.78, 5) is 18.8. The van der Waals surface area contributed by atoms with Gasteiger partial charge in [0, 0.05) is 12.1 Å². The number of guanidine groups is 1. The van der Waals surface area contributed by atoms with Crippen molar-refractivity contribution in [1.29, 1.82) is 0 Å². The van der Waals surface area contributed by atoms with Crippen LogP contribution in [0.25, 0.3) is 0 Å². The number of rotatable bonds is 6. The van der Waals surface area contributed by atoms with E-state index >= 15 is 0 Å². The normalized spacial score (nSPS) is 19.3. The predicted molar refractivity (Wildman–Crippen MR) is 102 cm³/mol. The number of carbonyl (C=O) groups excluding carboxylic acids is 1. The molecule has 6 heteroatoms. The lowest BCUT2D eigenvalue weighted by molar-refractivity contribution is 0.0437. The third-order valence-electron chi connectivity index (χ3n) is 4.47. The van der Waals surface area contributed by atoms with Crippen LogP contribution < -0.4 is 11.5 Å². The molecule has 1 aliphatic heterocycles. The van der Waals surface area contributed by atoms with Crippen LogP contribution in [-0.4, -0.2) is 42.0 Å². The molecule has 1 heterocycles. The van der Waals surface area contributed by atoms with Crippen molar-refractivity contribution in [3.8, 4) is 0 Å². The van der Waals surface area contributed by atoms with Gasteiger partial charge in [-0.2, -0.15) is 0 Å². The number of aliphatic imine (C=N–C) groups is 1. The lowest BCUT2D eigenvalue weighted by atomic mass is 10.1. The predicted octanol–water partition coefficient (Wildman–Crippen LogP) is 1.76. The van der Waals surface area contributed by atoms with Crippen molar-refractivity contribution in [1.82, 2.24) is 4.90 Å². The number of carbonyl (C=O) groups is 1. The third-order valence-corrected chi connectivity index (χ3v) is 4.47. The number of hydrogen-bond acceptors (Lipinski definition) is 3. The molecular formula is C20H24N4O2. The van der Waals surface area contributed by atoms with Gasteiger partial charge in [-0.1, -0.05) is 48.5 Å². The number of benzene rings is 2. The van der Waals surface area contributed by atoms with Crippen LogP contribution in [0.5, 0.6) is 0 Å². The van der Waals surface area contributed by atoms with E-state index in [0.29, 0.717) is 31.7 Å². The van der Waals surface area contributed by atoms with Crippen LogP contribution in [-0.2, 0) is 11.3 Å². The van der Waals surface area contributed by atoms with Gasteiger partial charge in [-0.3, -0.25) is 9.79 Å². The zero-order chi connectivity index (χ0) is 18.4. The molecule has 26 heavy (non-hydrogen) atoms. The Hall–Kier alpha value is -2.86. The molecule has 0 aromatic heterocycles. The van der Waals surface area contributed by atoms with Crippen LogP contribution in [0.3, 0.4) is 0 Å². The largest absolute Gasteiger partial charge is 0.372 e. The van der Waals surface area contributed by atoms with Gasteiger partial charge < -0.3 is 21.1 Å². The van der Waals surface area contributed by atoms with Crippen LogP contribution in [0.2, 0.25) is 0 Å². The molecule has 0 radical (unpaired) electrons. The first-order chi connectivity index (χ1) is 12.6. The topological polar surface area (TPSA) is 93.9 Å². The summed E-state index contributed by atoms with van der Waals surface area (Å²) in [5.41, 5.74) is 12.7. The maximum absolute atomic E-state index is 12.9.